The number of nitrogens with zero attached hydrogens (tertiary/aromatic N) is 3. The minimum absolute atomic E-state index is 0.0400. The van der Waals surface area contributed by atoms with E-state index < -0.39 is 0 Å². The van der Waals surface area contributed by atoms with Crippen molar-refractivity contribution in [1.82, 2.24) is 14.5 Å². The van der Waals surface area contributed by atoms with Crippen LogP contribution in [0.1, 0.15) is 51.8 Å². The van der Waals surface area contributed by atoms with Crippen molar-refractivity contribution >= 4 is 0 Å². The molecule has 2 rings (SSSR count). The molecule has 0 amide bonds. The summed E-state index contributed by atoms with van der Waals surface area (Å²) in [7, 11) is 2.02. The van der Waals surface area contributed by atoms with Crippen LogP contribution in [0.3, 0.4) is 0 Å². The fourth-order valence-corrected chi connectivity index (χ4v) is 3.71. The van der Waals surface area contributed by atoms with Crippen molar-refractivity contribution in [2.45, 2.75) is 64.0 Å². The number of aliphatic hydroxyl groups excluding tert-OH is 1. The van der Waals surface area contributed by atoms with Gasteiger partial charge < -0.3 is 9.67 Å². The van der Waals surface area contributed by atoms with Gasteiger partial charge in [-0.25, -0.2) is 4.98 Å². The number of hydrogen-bond donors (Lipinski definition) is 1. The molecule has 1 fully saturated rings. The molecule has 0 bridgehead atoms. The molecule has 114 valence electrons. The van der Waals surface area contributed by atoms with Crippen LogP contribution in [0.25, 0.3) is 0 Å². The summed E-state index contributed by atoms with van der Waals surface area (Å²) in [6.07, 6.45) is 9.75. The highest BCUT2D eigenvalue weighted by atomic mass is 16.3. The molecule has 20 heavy (non-hydrogen) atoms. The summed E-state index contributed by atoms with van der Waals surface area (Å²) in [6.45, 7) is 6.71. The zero-order chi connectivity index (χ0) is 14.6. The van der Waals surface area contributed by atoms with Crippen LogP contribution in [-0.2, 0) is 13.5 Å². The first-order valence-corrected chi connectivity index (χ1v) is 8.03. The zero-order valence-electron chi connectivity index (χ0n) is 13.2. The topological polar surface area (TPSA) is 41.3 Å². The minimum Gasteiger partial charge on any atom is -0.391 e. The van der Waals surface area contributed by atoms with E-state index in [2.05, 4.69) is 23.7 Å². The number of aliphatic hydroxyl groups is 1. The Labute approximate surface area is 122 Å². The summed E-state index contributed by atoms with van der Waals surface area (Å²) >= 11 is 0. The Morgan fingerprint density at radius 3 is 2.45 bits per heavy atom. The van der Waals surface area contributed by atoms with Crippen LogP contribution in [0.15, 0.2) is 12.4 Å². The van der Waals surface area contributed by atoms with E-state index in [1.54, 1.807) is 0 Å². The number of imidazole rings is 1. The van der Waals surface area contributed by atoms with Crippen LogP contribution in [0.4, 0.5) is 0 Å². The minimum atomic E-state index is -0.271. The lowest BCUT2D eigenvalue weighted by molar-refractivity contribution is -0.0316. The standard InChI is InChI=1S/C16H29N3O/c1-4-16(5-2,19-11-6-7-12-19)14(20)8-9-15-17-10-13-18(15)3/h10,13-14,20H,4-9,11-12H2,1-3H3. The summed E-state index contributed by atoms with van der Waals surface area (Å²) in [6, 6.07) is 0. The number of rotatable bonds is 7. The van der Waals surface area contributed by atoms with Gasteiger partial charge in [-0.3, -0.25) is 4.90 Å². The molecule has 1 aromatic rings. The molecule has 1 atom stereocenters. The van der Waals surface area contributed by atoms with E-state index in [4.69, 9.17) is 0 Å². The molecule has 0 aromatic carbocycles. The smallest absolute Gasteiger partial charge is 0.108 e. The fourth-order valence-electron chi connectivity index (χ4n) is 3.71. The molecule has 1 unspecified atom stereocenters. The molecule has 2 heterocycles. The van der Waals surface area contributed by atoms with Gasteiger partial charge in [-0.15, -0.1) is 0 Å². The molecule has 1 N–H and O–H groups in total. The van der Waals surface area contributed by atoms with Crippen molar-refractivity contribution < 1.29 is 5.11 Å². The van der Waals surface area contributed by atoms with Crippen LogP contribution >= 0.6 is 0 Å². The predicted molar refractivity (Wildman–Crippen MR) is 81.7 cm³/mol. The van der Waals surface area contributed by atoms with Crippen molar-refractivity contribution in [1.29, 1.82) is 0 Å². The van der Waals surface area contributed by atoms with Gasteiger partial charge in [0.15, 0.2) is 0 Å². The molecule has 4 heteroatoms. The number of aromatic nitrogens is 2. The maximum atomic E-state index is 10.8. The molecule has 0 spiro atoms. The highest BCUT2D eigenvalue weighted by Crippen LogP contribution is 2.33. The average molecular weight is 279 g/mol. The summed E-state index contributed by atoms with van der Waals surface area (Å²) in [5.41, 5.74) is -0.0400. The van der Waals surface area contributed by atoms with E-state index >= 15 is 0 Å². The average Bonchev–Trinajstić information content (AvgIpc) is 3.11. The first-order chi connectivity index (χ1) is 9.64. The van der Waals surface area contributed by atoms with Gasteiger partial charge in [0.1, 0.15) is 5.82 Å². The Balaban J connectivity index is 2.03. The lowest BCUT2D eigenvalue weighted by atomic mass is 9.82. The quantitative estimate of drug-likeness (QED) is 0.833. The Kier molecular flexibility index (Phi) is 5.22. The summed E-state index contributed by atoms with van der Waals surface area (Å²) < 4.78 is 2.04. The Morgan fingerprint density at radius 1 is 1.30 bits per heavy atom. The van der Waals surface area contributed by atoms with Gasteiger partial charge >= 0.3 is 0 Å². The van der Waals surface area contributed by atoms with Crippen LogP contribution in [-0.4, -0.2) is 44.3 Å². The van der Waals surface area contributed by atoms with E-state index in [9.17, 15) is 5.11 Å². The molecule has 1 aliphatic rings. The third-order valence-electron chi connectivity index (χ3n) is 5.14. The monoisotopic (exact) mass is 279 g/mol. The summed E-state index contributed by atoms with van der Waals surface area (Å²) in [4.78, 5) is 6.88. The SMILES string of the molecule is CCC(CC)(C(O)CCc1nccn1C)N1CCCC1. The first-order valence-electron chi connectivity index (χ1n) is 8.03. The second kappa shape index (κ2) is 6.72. The van der Waals surface area contributed by atoms with Crippen LogP contribution < -0.4 is 0 Å². The Bertz CT molecular complexity index is 406. The van der Waals surface area contributed by atoms with Crippen molar-refractivity contribution in [3.8, 4) is 0 Å². The van der Waals surface area contributed by atoms with Crippen molar-refractivity contribution in [2.24, 2.45) is 7.05 Å². The summed E-state index contributed by atoms with van der Waals surface area (Å²) in [5, 5.41) is 10.8. The van der Waals surface area contributed by atoms with Gasteiger partial charge in [-0.1, -0.05) is 13.8 Å². The Morgan fingerprint density at radius 2 is 1.95 bits per heavy atom. The molecule has 1 aliphatic heterocycles. The lowest BCUT2D eigenvalue weighted by Gasteiger charge is -2.44. The number of hydrogen-bond acceptors (Lipinski definition) is 3. The van der Waals surface area contributed by atoms with Gasteiger partial charge in [-0.05, 0) is 45.2 Å². The van der Waals surface area contributed by atoms with Gasteiger partial charge in [0.05, 0.1) is 6.10 Å². The van der Waals surface area contributed by atoms with Crippen molar-refractivity contribution in [3.63, 3.8) is 0 Å². The third kappa shape index (κ3) is 2.91. The highest BCUT2D eigenvalue weighted by molar-refractivity contribution is 4.99. The largest absolute Gasteiger partial charge is 0.391 e. The number of likely N-dealkylation sites (tertiary alicyclic amines) is 1. The van der Waals surface area contributed by atoms with Gasteiger partial charge in [0.25, 0.3) is 0 Å². The van der Waals surface area contributed by atoms with E-state index in [0.29, 0.717) is 0 Å². The molecular weight excluding hydrogens is 250 g/mol. The van der Waals surface area contributed by atoms with Crippen LogP contribution in [0.2, 0.25) is 0 Å². The maximum Gasteiger partial charge on any atom is 0.108 e. The molecule has 1 aromatic heterocycles. The van der Waals surface area contributed by atoms with Gasteiger partial charge in [0, 0.05) is 31.4 Å². The lowest BCUT2D eigenvalue weighted by Crippen LogP contribution is -2.55. The van der Waals surface area contributed by atoms with Gasteiger partial charge in [0.2, 0.25) is 0 Å². The first kappa shape index (κ1) is 15.5. The van der Waals surface area contributed by atoms with Crippen molar-refractivity contribution in [2.75, 3.05) is 13.1 Å². The second-order valence-corrected chi connectivity index (χ2v) is 6.01. The molecule has 0 saturated carbocycles. The molecule has 0 radical (unpaired) electrons. The van der Waals surface area contributed by atoms with Crippen molar-refractivity contribution in [3.05, 3.63) is 18.2 Å². The predicted octanol–water partition coefficient (Wildman–Crippen LogP) is 2.37. The molecule has 4 nitrogen and oxygen atoms in total. The van der Waals surface area contributed by atoms with E-state index in [1.165, 1.54) is 12.8 Å². The zero-order valence-corrected chi connectivity index (χ0v) is 13.2. The third-order valence-corrected chi connectivity index (χ3v) is 5.14. The maximum absolute atomic E-state index is 10.8. The number of aryl methyl sites for hydroxylation is 2. The second-order valence-electron chi connectivity index (χ2n) is 6.01. The summed E-state index contributed by atoms with van der Waals surface area (Å²) in [5.74, 6) is 1.06. The van der Waals surface area contributed by atoms with E-state index in [-0.39, 0.29) is 11.6 Å². The van der Waals surface area contributed by atoms with Gasteiger partial charge in [-0.2, -0.15) is 0 Å². The van der Waals surface area contributed by atoms with E-state index in [0.717, 1.165) is 44.6 Å². The normalized spacial score (nSPS) is 18.6. The van der Waals surface area contributed by atoms with Crippen LogP contribution in [0, 0.1) is 0 Å². The molecule has 0 aliphatic carbocycles. The molecule has 1 saturated heterocycles. The fraction of sp³-hybridized carbons (Fsp3) is 0.812. The van der Waals surface area contributed by atoms with E-state index in [1.807, 2.05) is 24.0 Å². The molecular formula is C16H29N3O. The Hall–Kier alpha value is -0.870. The van der Waals surface area contributed by atoms with Crippen LogP contribution in [0.5, 0.6) is 0 Å². The highest BCUT2D eigenvalue weighted by Gasteiger charge is 2.40.